The zero-order valence-corrected chi connectivity index (χ0v) is 11.6. The molecule has 0 saturated heterocycles. The first kappa shape index (κ1) is 24.8. The first-order valence-corrected chi connectivity index (χ1v) is 5.61. The van der Waals surface area contributed by atoms with Crippen molar-refractivity contribution in [3.63, 3.8) is 0 Å². The minimum atomic E-state index is 0. The number of thiocarbonyl (C=S) groups is 2. The molecule has 100 valence electrons. The lowest BCUT2D eigenvalue weighted by Crippen LogP contribution is -2.25. The maximum atomic E-state index is 4.87. The molecular weight excluding hydrogens is 236 g/mol. The molecule has 0 saturated carbocycles. The topological polar surface area (TPSA) is 24.1 Å². The zero-order chi connectivity index (χ0) is 11.7. The molecule has 2 N–H and O–H groups in total. The molecule has 0 aliphatic carbocycles. The summed E-state index contributed by atoms with van der Waals surface area (Å²) >= 11 is 9.63. The second-order valence-electron chi connectivity index (χ2n) is 3.62. The van der Waals surface area contributed by atoms with Crippen LogP contribution < -0.4 is 10.6 Å². The van der Waals surface area contributed by atoms with Gasteiger partial charge >= 0.3 is 0 Å². The Morgan fingerprint density at radius 3 is 1.38 bits per heavy atom. The molecule has 0 spiro atoms. The molecule has 0 heterocycles. The summed E-state index contributed by atoms with van der Waals surface area (Å²) in [6, 6.07) is 0.484. The van der Waals surface area contributed by atoms with Gasteiger partial charge in [-0.3, -0.25) is 0 Å². The second kappa shape index (κ2) is 14.8. The molecule has 4 heteroatoms. The highest BCUT2D eigenvalue weighted by Gasteiger charge is 1.95. The summed E-state index contributed by atoms with van der Waals surface area (Å²) in [7, 11) is 1.85. The van der Waals surface area contributed by atoms with Gasteiger partial charge in [-0.05, 0) is 20.8 Å². The zero-order valence-electron chi connectivity index (χ0n) is 9.97. The van der Waals surface area contributed by atoms with Crippen LogP contribution in [0.3, 0.4) is 0 Å². The standard InChI is InChI=1S/2C5H11NS.2CH4/c1-4(2)5(7)6-3;1-4(2)6-5(3)7;;/h2*4H,1-3H3,(H,6,7);2*1H4. The average Bonchev–Trinajstić information content (AvgIpc) is 2.01. The third-order valence-corrected chi connectivity index (χ3v) is 2.06. The lowest BCUT2D eigenvalue weighted by molar-refractivity contribution is 0.738. The summed E-state index contributed by atoms with van der Waals surface area (Å²) in [6.07, 6.45) is 0. The van der Waals surface area contributed by atoms with E-state index in [1.54, 1.807) is 0 Å². The maximum Gasteiger partial charge on any atom is 0.0776 e. The molecule has 0 fully saturated rings. The quantitative estimate of drug-likeness (QED) is 0.743. The molecule has 0 bridgehead atoms. The van der Waals surface area contributed by atoms with E-state index in [-0.39, 0.29) is 14.9 Å². The normalized spacial score (nSPS) is 8.00. The minimum Gasteiger partial charge on any atom is -0.383 e. The molecule has 0 atom stereocenters. The summed E-state index contributed by atoms with van der Waals surface area (Å²) in [5.41, 5.74) is 0. The Balaban J connectivity index is -0.0000000800. The first-order chi connectivity index (χ1) is 6.31. The number of hydrogen-bond donors (Lipinski definition) is 2. The summed E-state index contributed by atoms with van der Waals surface area (Å²) in [4.78, 5) is 1.80. The van der Waals surface area contributed by atoms with Crippen LogP contribution in [0.15, 0.2) is 0 Å². The largest absolute Gasteiger partial charge is 0.383 e. The van der Waals surface area contributed by atoms with Crippen LogP contribution in [0, 0.1) is 5.92 Å². The van der Waals surface area contributed by atoms with E-state index in [1.165, 1.54) is 0 Å². The molecule has 0 radical (unpaired) electrons. The van der Waals surface area contributed by atoms with Gasteiger partial charge in [-0.15, -0.1) is 0 Å². The smallest absolute Gasteiger partial charge is 0.0776 e. The molecule has 0 rings (SSSR count). The van der Waals surface area contributed by atoms with Crippen LogP contribution in [0.4, 0.5) is 0 Å². The van der Waals surface area contributed by atoms with Crippen molar-refractivity contribution in [3.05, 3.63) is 0 Å². The molecule has 0 unspecified atom stereocenters. The fourth-order valence-electron chi connectivity index (χ4n) is 0.695. The maximum absolute atomic E-state index is 4.87. The van der Waals surface area contributed by atoms with Crippen LogP contribution in [-0.2, 0) is 0 Å². The van der Waals surface area contributed by atoms with Crippen LogP contribution in [-0.4, -0.2) is 23.1 Å². The molecule has 0 aromatic heterocycles. The van der Waals surface area contributed by atoms with E-state index in [1.807, 2.05) is 14.0 Å². The van der Waals surface area contributed by atoms with Gasteiger partial charge in [-0.25, -0.2) is 0 Å². The van der Waals surface area contributed by atoms with Gasteiger partial charge in [0.1, 0.15) is 0 Å². The van der Waals surface area contributed by atoms with Gasteiger partial charge in [0.2, 0.25) is 0 Å². The SMILES string of the molecule is C.C.CC(=S)NC(C)C.CNC(=S)C(C)C. The van der Waals surface area contributed by atoms with Gasteiger partial charge < -0.3 is 10.6 Å². The van der Waals surface area contributed by atoms with Crippen molar-refractivity contribution in [2.24, 2.45) is 5.92 Å². The van der Waals surface area contributed by atoms with Gasteiger partial charge in [-0.2, -0.15) is 0 Å². The van der Waals surface area contributed by atoms with Crippen molar-refractivity contribution >= 4 is 34.4 Å². The Labute approximate surface area is 114 Å². The second-order valence-corrected chi connectivity index (χ2v) is 4.68. The summed E-state index contributed by atoms with van der Waals surface area (Å²) < 4.78 is 0. The van der Waals surface area contributed by atoms with Crippen molar-refractivity contribution in [3.8, 4) is 0 Å². The number of hydrogen-bond acceptors (Lipinski definition) is 2. The highest BCUT2D eigenvalue weighted by Crippen LogP contribution is 1.90. The molecule has 0 amide bonds. The average molecular weight is 267 g/mol. The van der Waals surface area contributed by atoms with Crippen molar-refractivity contribution in [2.45, 2.75) is 55.5 Å². The molecular formula is C12H30N2S2. The first-order valence-electron chi connectivity index (χ1n) is 4.79. The Morgan fingerprint density at radius 1 is 1.00 bits per heavy atom. The van der Waals surface area contributed by atoms with Crippen molar-refractivity contribution in [1.82, 2.24) is 10.6 Å². The minimum absolute atomic E-state index is 0. The highest BCUT2D eigenvalue weighted by molar-refractivity contribution is 7.80. The molecule has 0 aliphatic rings. The lowest BCUT2D eigenvalue weighted by Gasteiger charge is -2.04. The van der Waals surface area contributed by atoms with E-state index in [4.69, 9.17) is 24.4 Å². The van der Waals surface area contributed by atoms with E-state index >= 15 is 0 Å². The van der Waals surface area contributed by atoms with E-state index in [9.17, 15) is 0 Å². The third kappa shape index (κ3) is 23.5. The van der Waals surface area contributed by atoms with Gasteiger partial charge in [0, 0.05) is 19.0 Å². The van der Waals surface area contributed by atoms with Crippen molar-refractivity contribution in [1.29, 1.82) is 0 Å². The van der Waals surface area contributed by atoms with Crippen LogP contribution in [0.2, 0.25) is 0 Å². The van der Waals surface area contributed by atoms with E-state index < -0.39 is 0 Å². The molecule has 0 aromatic carbocycles. The van der Waals surface area contributed by atoms with Gasteiger partial charge in [0.25, 0.3) is 0 Å². The Kier molecular flexibility index (Phi) is 22.9. The molecule has 2 nitrogen and oxygen atoms in total. The van der Waals surface area contributed by atoms with Crippen LogP contribution in [0.1, 0.15) is 49.5 Å². The summed E-state index contributed by atoms with van der Waals surface area (Å²) in [5, 5.41) is 5.93. The summed E-state index contributed by atoms with van der Waals surface area (Å²) in [5.74, 6) is 0.486. The van der Waals surface area contributed by atoms with E-state index in [0.29, 0.717) is 12.0 Å². The third-order valence-electron chi connectivity index (χ3n) is 1.26. The van der Waals surface area contributed by atoms with Gasteiger partial charge in [0.05, 0.1) is 9.98 Å². The predicted octanol–water partition coefficient (Wildman–Crippen LogP) is 3.79. The van der Waals surface area contributed by atoms with Gasteiger partial charge in [0.15, 0.2) is 0 Å². The van der Waals surface area contributed by atoms with Crippen LogP contribution in [0.25, 0.3) is 0 Å². The fourth-order valence-corrected chi connectivity index (χ4v) is 0.931. The highest BCUT2D eigenvalue weighted by atomic mass is 32.1. The molecule has 16 heavy (non-hydrogen) atoms. The van der Waals surface area contributed by atoms with Crippen molar-refractivity contribution in [2.75, 3.05) is 7.05 Å². The van der Waals surface area contributed by atoms with Crippen LogP contribution >= 0.6 is 24.4 Å². The Bertz CT molecular complexity index is 178. The monoisotopic (exact) mass is 266 g/mol. The Hall–Kier alpha value is -0.220. The van der Waals surface area contributed by atoms with E-state index in [0.717, 1.165) is 9.98 Å². The number of rotatable bonds is 2. The number of nitrogens with one attached hydrogen (secondary N) is 2. The molecule has 0 aromatic rings. The fraction of sp³-hybridized carbons (Fsp3) is 0.833. The Morgan fingerprint density at radius 2 is 1.38 bits per heavy atom. The molecule has 0 aliphatic heterocycles. The lowest BCUT2D eigenvalue weighted by atomic mass is 10.2. The predicted molar refractivity (Wildman–Crippen MR) is 86.5 cm³/mol. The van der Waals surface area contributed by atoms with Gasteiger partial charge in [-0.1, -0.05) is 53.1 Å². The van der Waals surface area contributed by atoms with E-state index in [2.05, 4.69) is 38.3 Å². The summed E-state index contributed by atoms with van der Waals surface area (Å²) in [6.45, 7) is 10.2. The van der Waals surface area contributed by atoms with Crippen molar-refractivity contribution < 1.29 is 0 Å². The van der Waals surface area contributed by atoms with Crippen LogP contribution in [0.5, 0.6) is 0 Å².